The Hall–Kier alpha value is -2.38. The summed E-state index contributed by atoms with van der Waals surface area (Å²) in [6.07, 6.45) is 4.97. The topological polar surface area (TPSA) is 61.7 Å². The number of rotatable bonds is 5. The Labute approximate surface area is 208 Å². The van der Waals surface area contributed by atoms with Crippen molar-refractivity contribution in [2.75, 3.05) is 31.1 Å². The average Bonchev–Trinajstić information content (AvgIpc) is 3.15. The van der Waals surface area contributed by atoms with Gasteiger partial charge in [0.05, 0.1) is 11.9 Å². The Kier molecular flexibility index (Phi) is 9.14. The lowest BCUT2D eigenvalue weighted by atomic mass is 10.1. The van der Waals surface area contributed by atoms with Crippen molar-refractivity contribution < 1.29 is 9.59 Å². The largest absolute Gasteiger partial charge is 0.335 e. The van der Waals surface area contributed by atoms with E-state index in [1.165, 1.54) is 0 Å². The monoisotopic (exact) mass is 487 g/mol. The molecule has 3 rings (SSSR count). The molecule has 34 heavy (non-hydrogen) atoms. The molecule has 0 aliphatic carbocycles. The van der Waals surface area contributed by atoms with Crippen molar-refractivity contribution >= 4 is 29.1 Å². The zero-order chi connectivity index (χ0) is 24.8. The number of carbonyl (C=O) groups excluding carboxylic acids is 2. The van der Waals surface area contributed by atoms with E-state index in [0.29, 0.717) is 37.1 Å². The van der Waals surface area contributed by atoms with E-state index in [-0.39, 0.29) is 24.3 Å². The van der Waals surface area contributed by atoms with Crippen LogP contribution in [-0.2, 0) is 22.7 Å². The second kappa shape index (κ2) is 11.8. The lowest BCUT2D eigenvalue weighted by Crippen LogP contribution is -2.42. The van der Waals surface area contributed by atoms with Crippen LogP contribution >= 0.6 is 11.6 Å². The molecule has 1 aromatic heterocycles. The Morgan fingerprint density at radius 2 is 1.82 bits per heavy atom. The molecule has 0 fully saturated rings. The summed E-state index contributed by atoms with van der Waals surface area (Å²) in [5.41, 5.74) is 2.77. The summed E-state index contributed by atoms with van der Waals surface area (Å²) in [5, 5.41) is 4.88. The molecule has 1 aliphatic heterocycles. The molecule has 0 unspecified atom stereocenters. The molecule has 8 heteroatoms. The fourth-order valence-corrected chi connectivity index (χ4v) is 4.53. The van der Waals surface area contributed by atoms with Gasteiger partial charge in [0.2, 0.25) is 11.8 Å². The van der Waals surface area contributed by atoms with Crippen LogP contribution in [0.3, 0.4) is 0 Å². The van der Waals surface area contributed by atoms with Gasteiger partial charge < -0.3 is 9.80 Å². The minimum absolute atomic E-state index is 0.00649. The number of hydrogen-bond acceptors (Lipinski definition) is 4. The van der Waals surface area contributed by atoms with Crippen molar-refractivity contribution in [1.82, 2.24) is 19.6 Å². The molecule has 7 nitrogen and oxygen atoms in total. The fourth-order valence-electron chi connectivity index (χ4n) is 4.36. The number of aryl methyl sites for hydroxylation is 1. The molecule has 1 aliphatic rings. The van der Waals surface area contributed by atoms with Crippen molar-refractivity contribution in [2.24, 2.45) is 5.92 Å². The van der Waals surface area contributed by atoms with Gasteiger partial charge in [-0.1, -0.05) is 31.5 Å². The molecule has 0 saturated carbocycles. The van der Waals surface area contributed by atoms with Crippen LogP contribution in [0.1, 0.15) is 51.7 Å². The highest BCUT2D eigenvalue weighted by atomic mass is 35.5. The third-order valence-corrected chi connectivity index (χ3v) is 6.45. The normalized spacial score (nSPS) is 16.0. The van der Waals surface area contributed by atoms with Gasteiger partial charge in [-0.25, -0.2) is 0 Å². The smallest absolute Gasteiger partial charge is 0.244 e. The molecule has 0 saturated heterocycles. The van der Waals surface area contributed by atoms with Gasteiger partial charge in [-0.15, -0.1) is 0 Å². The van der Waals surface area contributed by atoms with Crippen molar-refractivity contribution in [1.29, 1.82) is 0 Å². The molecule has 0 bridgehead atoms. The van der Waals surface area contributed by atoms with E-state index in [1.54, 1.807) is 10.9 Å². The van der Waals surface area contributed by atoms with E-state index < -0.39 is 0 Å². The summed E-state index contributed by atoms with van der Waals surface area (Å²) in [7, 11) is 0. The molecule has 1 aromatic carbocycles. The predicted molar refractivity (Wildman–Crippen MR) is 137 cm³/mol. The van der Waals surface area contributed by atoms with Crippen LogP contribution < -0.4 is 4.90 Å². The summed E-state index contributed by atoms with van der Waals surface area (Å²) in [6.45, 7) is 13.9. The average molecular weight is 488 g/mol. The highest BCUT2D eigenvalue weighted by molar-refractivity contribution is 6.31. The van der Waals surface area contributed by atoms with E-state index in [1.807, 2.05) is 41.1 Å². The Morgan fingerprint density at radius 1 is 1.06 bits per heavy atom. The number of amides is 2. The highest BCUT2D eigenvalue weighted by Gasteiger charge is 2.25. The molecular formula is C26H38ClN5O2. The SMILES string of the molecule is Cc1cnn(CC(=O)N2CCN(C(C)C)CCCN(C(=O)CC(C)C)c3cc(Cl)ccc3C2)c1. The minimum Gasteiger partial charge on any atom is -0.335 e. The van der Waals surface area contributed by atoms with E-state index in [9.17, 15) is 9.59 Å². The Morgan fingerprint density at radius 3 is 2.47 bits per heavy atom. The first-order valence-electron chi connectivity index (χ1n) is 12.2. The van der Waals surface area contributed by atoms with Crippen LogP contribution in [0.15, 0.2) is 30.6 Å². The number of carbonyl (C=O) groups is 2. The minimum atomic E-state index is 0.00649. The molecular weight excluding hydrogens is 450 g/mol. The molecule has 0 atom stereocenters. The van der Waals surface area contributed by atoms with Crippen LogP contribution in [0.5, 0.6) is 0 Å². The first kappa shape index (κ1) is 26.2. The van der Waals surface area contributed by atoms with E-state index in [0.717, 1.165) is 36.3 Å². The second-order valence-electron chi connectivity index (χ2n) is 9.93. The van der Waals surface area contributed by atoms with E-state index in [2.05, 4.69) is 37.7 Å². The van der Waals surface area contributed by atoms with Crippen LogP contribution in [0.2, 0.25) is 5.02 Å². The standard InChI is InChI=1S/C26H38ClN5O2/c1-19(2)13-25(33)32-10-6-9-29(20(3)4)11-12-30(17-22-7-8-23(27)14-24(22)32)26(34)18-31-16-21(5)15-28-31/h7-8,14-16,19-20H,6,9-13,17-18H2,1-5H3. The third kappa shape index (κ3) is 7.06. The lowest BCUT2D eigenvalue weighted by Gasteiger charge is -2.30. The molecule has 186 valence electrons. The van der Waals surface area contributed by atoms with Crippen LogP contribution in [0, 0.1) is 12.8 Å². The van der Waals surface area contributed by atoms with E-state index in [4.69, 9.17) is 11.6 Å². The van der Waals surface area contributed by atoms with Gasteiger partial charge in [0, 0.05) is 56.4 Å². The van der Waals surface area contributed by atoms with Crippen molar-refractivity contribution in [2.45, 2.75) is 66.6 Å². The zero-order valence-electron chi connectivity index (χ0n) is 21.1. The van der Waals surface area contributed by atoms with Gasteiger partial charge in [-0.2, -0.15) is 5.10 Å². The highest BCUT2D eigenvalue weighted by Crippen LogP contribution is 2.28. The molecule has 0 N–H and O–H groups in total. The zero-order valence-corrected chi connectivity index (χ0v) is 21.9. The number of halogens is 1. The quantitative estimate of drug-likeness (QED) is 0.628. The number of aromatic nitrogens is 2. The first-order valence-corrected chi connectivity index (χ1v) is 12.6. The number of anilines is 1. The predicted octanol–water partition coefficient (Wildman–Crippen LogP) is 4.37. The summed E-state index contributed by atoms with van der Waals surface area (Å²) in [4.78, 5) is 32.8. The molecule has 2 aromatic rings. The lowest BCUT2D eigenvalue weighted by molar-refractivity contribution is -0.133. The van der Waals surface area contributed by atoms with Crippen LogP contribution in [0.25, 0.3) is 0 Å². The van der Waals surface area contributed by atoms with Crippen molar-refractivity contribution in [3.63, 3.8) is 0 Å². The molecule has 2 amide bonds. The number of hydrogen-bond donors (Lipinski definition) is 0. The Bertz CT molecular complexity index is 987. The summed E-state index contributed by atoms with van der Waals surface area (Å²) in [6, 6.07) is 6.00. The van der Waals surface area contributed by atoms with Crippen molar-refractivity contribution in [3.05, 3.63) is 46.7 Å². The molecule has 2 heterocycles. The van der Waals surface area contributed by atoms with Gasteiger partial charge in [0.25, 0.3) is 0 Å². The fraction of sp³-hybridized carbons (Fsp3) is 0.577. The summed E-state index contributed by atoms with van der Waals surface area (Å²) in [5.74, 6) is 0.363. The molecule has 0 spiro atoms. The second-order valence-corrected chi connectivity index (χ2v) is 10.4. The van der Waals surface area contributed by atoms with Gasteiger partial charge in [0.1, 0.15) is 6.54 Å². The van der Waals surface area contributed by atoms with Gasteiger partial charge >= 0.3 is 0 Å². The molecule has 0 radical (unpaired) electrons. The maximum atomic E-state index is 13.4. The van der Waals surface area contributed by atoms with Gasteiger partial charge in [-0.05, 0) is 56.4 Å². The van der Waals surface area contributed by atoms with Crippen molar-refractivity contribution in [3.8, 4) is 0 Å². The first-order chi connectivity index (χ1) is 16.1. The maximum absolute atomic E-state index is 13.4. The number of fused-ring (bicyclic) bond motifs is 1. The summed E-state index contributed by atoms with van der Waals surface area (Å²) >= 11 is 6.39. The summed E-state index contributed by atoms with van der Waals surface area (Å²) < 4.78 is 1.68. The Balaban J connectivity index is 1.96. The van der Waals surface area contributed by atoms with E-state index >= 15 is 0 Å². The van der Waals surface area contributed by atoms with Gasteiger partial charge in [0.15, 0.2) is 0 Å². The van der Waals surface area contributed by atoms with Gasteiger partial charge in [-0.3, -0.25) is 19.2 Å². The number of benzene rings is 1. The van der Waals surface area contributed by atoms with Crippen LogP contribution in [0.4, 0.5) is 5.69 Å². The van der Waals surface area contributed by atoms with Crippen LogP contribution in [-0.4, -0.2) is 63.6 Å². The maximum Gasteiger partial charge on any atom is 0.244 e. The number of nitrogens with zero attached hydrogens (tertiary/aromatic N) is 5. The third-order valence-electron chi connectivity index (χ3n) is 6.21.